The van der Waals surface area contributed by atoms with E-state index >= 15 is 0 Å². The van der Waals surface area contributed by atoms with Crippen molar-refractivity contribution in [2.75, 3.05) is 11.4 Å². The summed E-state index contributed by atoms with van der Waals surface area (Å²) in [6, 6.07) is 7.10. The Labute approximate surface area is 141 Å². The number of carboxylic acid groups (broad SMARTS) is 1. The van der Waals surface area contributed by atoms with Crippen molar-refractivity contribution in [3.8, 4) is 0 Å². The molecule has 0 saturated carbocycles. The van der Waals surface area contributed by atoms with Crippen molar-refractivity contribution in [2.24, 2.45) is 11.7 Å². The second-order valence-electron chi connectivity index (χ2n) is 6.09. The highest BCUT2D eigenvalue weighted by molar-refractivity contribution is 6.01. The molecule has 24 heavy (non-hydrogen) atoms. The molecule has 1 aromatic carbocycles. The number of hydrogen-bond donors (Lipinski definition) is 3. The zero-order valence-electron chi connectivity index (χ0n) is 14.2. The fraction of sp³-hybridized carbons (Fsp3) is 0.471. The van der Waals surface area contributed by atoms with Crippen LogP contribution in [-0.4, -0.2) is 41.5 Å². The van der Waals surface area contributed by atoms with E-state index in [2.05, 4.69) is 5.32 Å². The minimum Gasteiger partial charge on any atom is -0.480 e. The first-order chi connectivity index (χ1) is 11.2. The molecule has 0 fully saturated rings. The summed E-state index contributed by atoms with van der Waals surface area (Å²) in [6.07, 6.45) is 0.421. The van der Waals surface area contributed by atoms with Crippen LogP contribution in [0.15, 0.2) is 30.3 Å². The zero-order chi connectivity index (χ0) is 18.3. The molecule has 0 heterocycles. The fourth-order valence-corrected chi connectivity index (χ4v) is 2.29. The summed E-state index contributed by atoms with van der Waals surface area (Å²) in [7, 11) is 0. The Morgan fingerprint density at radius 1 is 1.17 bits per heavy atom. The molecule has 1 aromatic rings. The van der Waals surface area contributed by atoms with Gasteiger partial charge in [-0.05, 0) is 31.4 Å². The van der Waals surface area contributed by atoms with Crippen LogP contribution in [0.1, 0.15) is 27.2 Å². The van der Waals surface area contributed by atoms with E-state index in [1.165, 1.54) is 11.8 Å². The third-order valence-corrected chi connectivity index (χ3v) is 3.57. The average molecular weight is 335 g/mol. The summed E-state index contributed by atoms with van der Waals surface area (Å²) < 4.78 is 0. The van der Waals surface area contributed by atoms with Gasteiger partial charge in [-0.25, -0.2) is 0 Å². The van der Waals surface area contributed by atoms with Gasteiger partial charge in [-0.1, -0.05) is 32.0 Å². The van der Waals surface area contributed by atoms with E-state index in [1.54, 1.807) is 30.3 Å². The van der Waals surface area contributed by atoms with Crippen LogP contribution in [0, 0.1) is 5.92 Å². The van der Waals surface area contributed by atoms with Crippen molar-refractivity contribution >= 4 is 23.5 Å². The summed E-state index contributed by atoms with van der Waals surface area (Å²) in [5.41, 5.74) is 6.07. The third-order valence-electron chi connectivity index (χ3n) is 3.57. The van der Waals surface area contributed by atoms with Crippen LogP contribution in [0.2, 0.25) is 0 Å². The predicted octanol–water partition coefficient (Wildman–Crippen LogP) is 0.982. The Kier molecular flexibility index (Phi) is 7.38. The number of benzene rings is 1. The van der Waals surface area contributed by atoms with Gasteiger partial charge in [-0.2, -0.15) is 0 Å². The maximum Gasteiger partial charge on any atom is 0.320 e. The van der Waals surface area contributed by atoms with Gasteiger partial charge in [0.25, 0.3) is 0 Å². The normalized spacial score (nSPS) is 13.3. The minimum absolute atomic E-state index is 0.160. The van der Waals surface area contributed by atoms with Crippen LogP contribution >= 0.6 is 0 Å². The molecule has 0 aromatic heterocycles. The van der Waals surface area contributed by atoms with E-state index < -0.39 is 29.9 Å². The van der Waals surface area contributed by atoms with Crippen LogP contribution in [0.5, 0.6) is 0 Å². The molecule has 132 valence electrons. The van der Waals surface area contributed by atoms with E-state index in [1.807, 2.05) is 13.8 Å². The summed E-state index contributed by atoms with van der Waals surface area (Å²) in [5.74, 6) is -1.89. The number of nitrogens with zero attached hydrogens (tertiary/aromatic N) is 1. The molecule has 2 amide bonds. The van der Waals surface area contributed by atoms with Gasteiger partial charge in [0, 0.05) is 5.69 Å². The Morgan fingerprint density at radius 2 is 1.75 bits per heavy atom. The SMILES string of the molecule is CC(C)C[C@@H](C(N)=O)N(C(=O)CN[C@@H](C)C(=O)O)c1ccccc1. The first kappa shape index (κ1) is 19.6. The highest BCUT2D eigenvalue weighted by Gasteiger charge is 2.30. The third kappa shape index (κ3) is 5.66. The number of amides is 2. The highest BCUT2D eigenvalue weighted by Crippen LogP contribution is 2.21. The van der Waals surface area contributed by atoms with E-state index in [4.69, 9.17) is 10.8 Å². The Hall–Kier alpha value is -2.41. The molecule has 2 atom stereocenters. The largest absolute Gasteiger partial charge is 0.480 e. The van der Waals surface area contributed by atoms with E-state index in [9.17, 15) is 14.4 Å². The molecular formula is C17H25N3O4. The maximum atomic E-state index is 12.7. The number of nitrogens with one attached hydrogen (secondary N) is 1. The first-order valence-corrected chi connectivity index (χ1v) is 7.86. The van der Waals surface area contributed by atoms with Crippen LogP contribution < -0.4 is 16.0 Å². The first-order valence-electron chi connectivity index (χ1n) is 7.86. The molecule has 0 unspecified atom stereocenters. The molecule has 0 bridgehead atoms. The highest BCUT2D eigenvalue weighted by atomic mass is 16.4. The Bertz CT molecular complexity index is 574. The second-order valence-corrected chi connectivity index (χ2v) is 6.09. The van der Waals surface area contributed by atoms with Crippen molar-refractivity contribution < 1.29 is 19.5 Å². The Morgan fingerprint density at radius 3 is 2.21 bits per heavy atom. The van der Waals surface area contributed by atoms with Crippen molar-refractivity contribution in [2.45, 2.75) is 39.3 Å². The number of carbonyl (C=O) groups is 3. The predicted molar refractivity (Wildman–Crippen MR) is 91.5 cm³/mol. The molecule has 7 nitrogen and oxygen atoms in total. The van der Waals surface area contributed by atoms with E-state index in [-0.39, 0.29) is 12.5 Å². The quantitative estimate of drug-likeness (QED) is 0.623. The summed E-state index contributed by atoms with van der Waals surface area (Å²) in [5, 5.41) is 11.5. The van der Waals surface area contributed by atoms with Gasteiger partial charge >= 0.3 is 5.97 Å². The van der Waals surface area contributed by atoms with Gasteiger partial charge in [0.05, 0.1) is 6.54 Å². The van der Waals surface area contributed by atoms with E-state index in [0.29, 0.717) is 12.1 Å². The molecule has 0 aliphatic rings. The standard InChI is InChI=1S/C17H25N3O4/c1-11(2)9-14(16(18)22)20(13-7-5-4-6-8-13)15(21)10-19-12(3)17(23)24/h4-8,11-12,14,19H,9-10H2,1-3H3,(H2,18,22)(H,23,24)/t12-,14-/m0/s1. The summed E-state index contributed by atoms with van der Waals surface area (Å²) >= 11 is 0. The smallest absolute Gasteiger partial charge is 0.320 e. The lowest BCUT2D eigenvalue weighted by Crippen LogP contribution is -2.52. The van der Waals surface area contributed by atoms with Gasteiger partial charge < -0.3 is 10.8 Å². The molecule has 4 N–H and O–H groups in total. The molecule has 1 rings (SSSR count). The van der Waals surface area contributed by atoms with E-state index in [0.717, 1.165) is 0 Å². The van der Waals surface area contributed by atoms with Gasteiger partial charge in [-0.3, -0.25) is 24.6 Å². The van der Waals surface area contributed by atoms with Crippen LogP contribution in [0.4, 0.5) is 5.69 Å². The summed E-state index contributed by atoms with van der Waals surface area (Å²) in [4.78, 5) is 36.8. The van der Waals surface area contributed by atoms with Gasteiger partial charge in [0.15, 0.2) is 0 Å². The number of carbonyl (C=O) groups excluding carboxylic acids is 2. The lowest BCUT2D eigenvalue weighted by molar-refractivity contribution is -0.139. The van der Waals surface area contributed by atoms with Crippen LogP contribution in [0.25, 0.3) is 0 Å². The minimum atomic E-state index is -1.05. The fourth-order valence-electron chi connectivity index (χ4n) is 2.29. The number of rotatable bonds is 9. The number of aliphatic carboxylic acids is 1. The molecular weight excluding hydrogens is 310 g/mol. The lowest BCUT2D eigenvalue weighted by atomic mass is 10.0. The monoisotopic (exact) mass is 335 g/mol. The lowest BCUT2D eigenvalue weighted by Gasteiger charge is -2.31. The molecule has 0 saturated heterocycles. The molecule has 0 aliphatic carbocycles. The van der Waals surface area contributed by atoms with Gasteiger partial charge in [0.2, 0.25) is 11.8 Å². The molecule has 0 radical (unpaired) electrons. The van der Waals surface area contributed by atoms with Crippen LogP contribution in [-0.2, 0) is 14.4 Å². The molecule has 0 aliphatic heterocycles. The number of hydrogen-bond acceptors (Lipinski definition) is 4. The van der Waals surface area contributed by atoms with Crippen molar-refractivity contribution in [1.29, 1.82) is 0 Å². The number of para-hydroxylation sites is 1. The molecule has 7 heteroatoms. The topological polar surface area (TPSA) is 113 Å². The van der Waals surface area contributed by atoms with Crippen molar-refractivity contribution in [3.63, 3.8) is 0 Å². The number of carboxylic acids is 1. The summed E-state index contributed by atoms with van der Waals surface area (Å²) in [6.45, 7) is 5.12. The number of nitrogens with two attached hydrogens (primary N) is 1. The second kappa shape index (κ2) is 9.02. The van der Waals surface area contributed by atoms with Crippen molar-refractivity contribution in [1.82, 2.24) is 5.32 Å². The Balaban J connectivity index is 3.06. The number of anilines is 1. The van der Waals surface area contributed by atoms with Gasteiger partial charge in [-0.15, -0.1) is 0 Å². The van der Waals surface area contributed by atoms with Crippen molar-refractivity contribution in [3.05, 3.63) is 30.3 Å². The van der Waals surface area contributed by atoms with Gasteiger partial charge in [0.1, 0.15) is 12.1 Å². The molecule has 0 spiro atoms. The van der Waals surface area contributed by atoms with Crippen LogP contribution in [0.3, 0.4) is 0 Å². The number of primary amides is 1. The zero-order valence-corrected chi connectivity index (χ0v) is 14.2. The maximum absolute atomic E-state index is 12.7. The average Bonchev–Trinajstić information content (AvgIpc) is 2.52.